The summed E-state index contributed by atoms with van der Waals surface area (Å²) in [5, 5.41) is 23.1. The van der Waals surface area contributed by atoms with Gasteiger partial charge in [0.15, 0.2) is 0 Å². The molecule has 0 aliphatic heterocycles. The van der Waals surface area contributed by atoms with Crippen molar-refractivity contribution in [2.45, 2.75) is 0 Å². The van der Waals surface area contributed by atoms with Gasteiger partial charge in [0.2, 0.25) is 6.08 Å². The summed E-state index contributed by atoms with van der Waals surface area (Å²) in [5.74, 6) is -1.96. The lowest BCUT2D eigenvalue weighted by atomic mass is 10.7. The van der Waals surface area contributed by atoms with Gasteiger partial charge in [0, 0.05) is 12.2 Å². The number of aliphatic carboxylic acids is 2. The Hall–Kier alpha value is -2.24. The average Bonchev–Trinajstić information content (AvgIpc) is 2.27. The maximum absolute atomic E-state index is 9.25. The second-order valence-corrected chi connectivity index (χ2v) is 1.78. The molecule has 0 heterocycles. The molecule has 16 heavy (non-hydrogen) atoms. The number of hydrogen-bond acceptors (Lipinski definition) is 5. The van der Waals surface area contributed by atoms with Crippen LogP contribution in [0.4, 0.5) is 0 Å². The Morgan fingerprint density at radius 3 is 1.56 bits per heavy atom. The second-order valence-electron chi connectivity index (χ2n) is 1.78. The first-order valence-corrected chi connectivity index (χ1v) is 3.81. The smallest absolute Gasteiger partial charge is 0.327 e. The first-order chi connectivity index (χ1) is 7.45. The number of aliphatic hydroxyl groups is 1. The summed E-state index contributed by atoms with van der Waals surface area (Å²) in [6.07, 6.45) is 2.95. The van der Waals surface area contributed by atoms with Crippen molar-refractivity contribution in [1.82, 2.24) is 0 Å². The highest BCUT2D eigenvalue weighted by molar-refractivity contribution is 5.79. The number of nitrogens with zero attached hydrogens (tertiary/aromatic N) is 1. The highest BCUT2D eigenvalue weighted by Gasteiger charge is 1.73. The summed E-state index contributed by atoms with van der Waals surface area (Å²) in [7, 11) is 0. The first kappa shape index (κ1) is 19.4. The van der Waals surface area contributed by atoms with Gasteiger partial charge in [-0.05, 0) is 0 Å². The second kappa shape index (κ2) is 18.5. The van der Waals surface area contributed by atoms with Crippen molar-refractivity contribution in [3.8, 4) is 0 Å². The number of hydrogen-bond donors (Lipinski definition) is 3. The summed E-state index contributed by atoms with van der Waals surface area (Å²) in [5.41, 5.74) is 0. The van der Waals surface area contributed by atoms with Gasteiger partial charge in [-0.2, -0.15) is 0 Å². The first-order valence-electron chi connectivity index (χ1n) is 3.81. The molecule has 7 heteroatoms. The molecule has 0 aromatic heterocycles. The molecule has 0 aliphatic carbocycles. The van der Waals surface area contributed by atoms with Crippen molar-refractivity contribution in [3.05, 3.63) is 25.3 Å². The zero-order chi connectivity index (χ0) is 13.4. The van der Waals surface area contributed by atoms with Crippen molar-refractivity contribution in [1.29, 1.82) is 0 Å². The lowest BCUT2D eigenvalue weighted by Gasteiger charge is -1.72. The average molecular weight is 231 g/mol. The zero-order valence-corrected chi connectivity index (χ0v) is 8.50. The maximum atomic E-state index is 9.25. The summed E-state index contributed by atoms with van der Waals surface area (Å²) in [6, 6.07) is 0. The third-order valence-electron chi connectivity index (χ3n) is 0.626. The van der Waals surface area contributed by atoms with Crippen molar-refractivity contribution in [3.63, 3.8) is 0 Å². The molecule has 3 N–H and O–H groups in total. The minimum atomic E-state index is -0.981. The molecule has 0 aromatic carbocycles. The van der Waals surface area contributed by atoms with E-state index in [0.29, 0.717) is 0 Å². The molecular formula is C9H13NO6. The van der Waals surface area contributed by atoms with Crippen LogP contribution >= 0.6 is 0 Å². The normalized spacial score (nSPS) is 6.56. The van der Waals surface area contributed by atoms with Gasteiger partial charge in [0.1, 0.15) is 0 Å². The van der Waals surface area contributed by atoms with Crippen LogP contribution in [0.3, 0.4) is 0 Å². The SMILES string of the molecule is C=CC(=O)O.C=CC(=O)O.O=C=NCCO. The number of aliphatic hydroxyl groups excluding tert-OH is 1. The molecule has 0 saturated carbocycles. The van der Waals surface area contributed by atoms with E-state index < -0.39 is 11.9 Å². The number of carbonyl (C=O) groups is 2. The predicted molar refractivity (Wildman–Crippen MR) is 55.7 cm³/mol. The molecule has 90 valence electrons. The molecule has 0 rings (SSSR count). The summed E-state index contributed by atoms with van der Waals surface area (Å²) in [4.78, 5) is 30.7. The number of isocyanates is 1. The van der Waals surface area contributed by atoms with E-state index in [1.807, 2.05) is 0 Å². The molecule has 0 saturated heterocycles. The van der Waals surface area contributed by atoms with Gasteiger partial charge < -0.3 is 15.3 Å². The minimum absolute atomic E-state index is 0.0742. The summed E-state index contributed by atoms with van der Waals surface area (Å²) < 4.78 is 0. The van der Waals surface area contributed by atoms with E-state index in [9.17, 15) is 9.59 Å². The van der Waals surface area contributed by atoms with Crippen LogP contribution in [-0.4, -0.2) is 46.5 Å². The fourth-order valence-electron chi connectivity index (χ4n) is 0.0956. The van der Waals surface area contributed by atoms with Crippen LogP contribution in [0.25, 0.3) is 0 Å². The van der Waals surface area contributed by atoms with Crippen LogP contribution in [0.1, 0.15) is 0 Å². The number of rotatable bonds is 4. The Morgan fingerprint density at radius 2 is 1.50 bits per heavy atom. The molecule has 0 unspecified atom stereocenters. The number of carbonyl (C=O) groups excluding carboxylic acids is 1. The molecule has 7 nitrogen and oxygen atoms in total. The molecule has 0 atom stereocenters. The van der Waals surface area contributed by atoms with E-state index in [4.69, 9.17) is 20.1 Å². The van der Waals surface area contributed by atoms with E-state index in [0.717, 1.165) is 12.2 Å². The highest BCUT2D eigenvalue weighted by atomic mass is 16.4. The molecule has 0 fully saturated rings. The lowest BCUT2D eigenvalue weighted by molar-refractivity contribution is -0.132. The van der Waals surface area contributed by atoms with E-state index in [1.165, 1.54) is 6.08 Å². The Balaban J connectivity index is -0.000000160. The number of carboxylic acid groups (broad SMARTS) is 2. The van der Waals surface area contributed by atoms with Crippen LogP contribution in [0.15, 0.2) is 30.3 Å². The topological polar surface area (TPSA) is 124 Å². The van der Waals surface area contributed by atoms with Crippen LogP contribution in [0.2, 0.25) is 0 Å². The maximum Gasteiger partial charge on any atom is 0.327 e. The fraction of sp³-hybridized carbons (Fsp3) is 0.222. The zero-order valence-electron chi connectivity index (χ0n) is 8.50. The van der Waals surface area contributed by atoms with Gasteiger partial charge in [0.05, 0.1) is 13.2 Å². The quantitative estimate of drug-likeness (QED) is 0.350. The Labute approximate surface area is 92.1 Å². The van der Waals surface area contributed by atoms with E-state index in [-0.39, 0.29) is 13.2 Å². The van der Waals surface area contributed by atoms with Crippen LogP contribution in [0.5, 0.6) is 0 Å². The van der Waals surface area contributed by atoms with Gasteiger partial charge in [0.25, 0.3) is 0 Å². The summed E-state index contributed by atoms with van der Waals surface area (Å²) in [6.45, 7) is 6.02. The van der Waals surface area contributed by atoms with Gasteiger partial charge in [-0.15, -0.1) is 0 Å². The molecule has 0 radical (unpaired) electrons. The highest BCUT2D eigenvalue weighted by Crippen LogP contribution is 1.57. The van der Waals surface area contributed by atoms with Gasteiger partial charge in [-0.3, -0.25) is 0 Å². The predicted octanol–water partition coefficient (Wildman–Crippen LogP) is -0.171. The van der Waals surface area contributed by atoms with Gasteiger partial charge in [-0.25, -0.2) is 19.4 Å². The van der Waals surface area contributed by atoms with Crippen molar-refractivity contribution in [2.24, 2.45) is 4.99 Å². The third-order valence-corrected chi connectivity index (χ3v) is 0.626. The number of carboxylic acids is 2. The Bertz CT molecular complexity index is 249. The van der Waals surface area contributed by atoms with Gasteiger partial charge >= 0.3 is 11.9 Å². The summed E-state index contributed by atoms with van der Waals surface area (Å²) >= 11 is 0. The lowest BCUT2D eigenvalue weighted by Crippen LogP contribution is -1.83. The fourth-order valence-corrected chi connectivity index (χ4v) is 0.0956. The molecule has 0 aromatic rings. The van der Waals surface area contributed by atoms with Crippen LogP contribution in [0, 0.1) is 0 Å². The third kappa shape index (κ3) is 60.1. The number of aliphatic imine (C=N–C) groups is 1. The molecule has 0 amide bonds. The standard InChI is InChI=1S/C3H5NO2.2C3H4O2/c5-2-1-4-3-6;2*1-2-3(4)5/h5H,1-2H2;2*2H,1H2,(H,4,5). The monoisotopic (exact) mass is 231 g/mol. The minimum Gasteiger partial charge on any atom is -0.478 e. The largest absolute Gasteiger partial charge is 0.478 e. The van der Waals surface area contributed by atoms with Crippen LogP contribution in [-0.2, 0) is 14.4 Å². The van der Waals surface area contributed by atoms with Crippen molar-refractivity contribution >= 4 is 18.0 Å². The van der Waals surface area contributed by atoms with Gasteiger partial charge in [-0.1, -0.05) is 13.2 Å². The molecule has 0 bridgehead atoms. The molecular weight excluding hydrogens is 218 g/mol. The van der Waals surface area contributed by atoms with E-state index in [2.05, 4.69) is 18.2 Å². The Kier molecular flexibility index (Phi) is 22.4. The molecule has 0 aliphatic rings. The van der Waals surface area contributed by atoms with E-state index >= 15 is 0 Å². The van der Waals surface area contributed by atoms with Crippen LogP contribution < -0.4 is 0 Å². The van der Waals surface area contributed by atoms with E-state index in [1.54, 1.807) is 0 Å². The van der Waals surface area contributed by atoms with Crippen molar-refractivity contribution < 1.29 is 29.7 Å². The van der Waals surface area contributed by atoms with Crippen molar-refractivity contribution in [2.75, 3.05) is 13.2 Å². The Morgan fingerprint density at radius 1 is 1.19 bits per heavy atom. The molecule has 0 spiro atoms.